The number of hydrazine groups is 1. The van der Waals surface area contributed by atoms with Gasteiger partial charge < -0.3 is 4.74 Å². The summed E-state index contributed by atoms with van der Waals surface area (Å²) < 4.78 is 5.33. The Morgan fingerprint density at radius 3 is 3.12 bits per heavy atom. The predicted molar refractivity (Wildman–Crippen MR) is 60.4 cm³/mol. The Morgan fingerprint density at radius 2 is 2.44 bits per heavy atom. The number of amides is 1. The molecule has 0 spiro atoms. The molecule has 0 aliphatic rings. The lowest BCUT2D eigenvalue weighted by Gasteiger charge is -2.04. The molecule has 1 amide bonds. The Morgan fingerprint density at radius 1 is 1.62 bits per heavy atom. The Bertz CT molecular complexity index is 366. The second-order valence-corrected chi connectivity index (χ2v) is 3.12. The number of carbonyl (C=O) groups excluding carboxylic acids is 1. The van der Waals surface area contributed by atoms with Crippen molar-refractivity contribution in [3.05, 3.63) is 42.2 Å². The molecule has 0 unspecified atom stereocenters. The van der Waals surface area contributed by atoms with Crippen LogP contribution < -0.4 is 11.3 Å². The van der Waals surface area contributed by atoms with E-state index in [-0.39, 0.29) is 5.69 Å². The van der Waals surface area contributed by atoms with Gasteiger partial charge in [-0.1, -0.05) is 12.1 Å². The number of nitrogens with zero attached hydrogens (tertiary/aromatic N) is 1. The summed E-state index contributed by atoms with van der Waals surface area (Å²) >= 11 is 0. The average Bonchev–Trinajstić information content (AvgIpc) is 2.34. The SMILES string of the molecule is C=CCCOCc1cccc(C(=O)NN)n1. The Kier molecular flexibility index (Phi) is 5.18. The van der Waals surface area contributed by atoms with Gasteiger partial charge in [-0.15, -0.1) is 6.58 Å². The molecule has 0 radical (unpaired) electrons. The monoisotopic (exact) mass is 221 g/mol. The number of aromatic nitrogens is 1. The Hall–Kier alpha value is -1.72. The first kappa shape index (κ1) is 12.4. The van der Waals surface area contributed by atoms with Gasteiger partial charge in [0, 0.05) is 0 Å². The quantitative estimate of drug-likeness (QED) is 0.245. The summed E-state index contributed by atoms with van der Waals surface area (Å²) in [5, 5.41) is 0. The van der Waals surface area contributed by atoms with Gasteiger partial charge in [0.05, 0.1) is 18.9 Å². The molecule has 5 nitrogen and oxygen atoms in total. The van der Waals surface area contributed by atoms with Crippen LogP contribution in [0.3, 0.4) is 0 Å². The molecule has 0 saturated carbocycles. The fourth-order valence-corrected chi connectivity index (χ4v) is 1.10. The van der Waals surface area contributed by atoms with Gasteiger partial charge >= 0.3 is 0 Å². The van der Waals surface area contributed by atoms with Gasteiger partial charge in [0.2, 0.25) is 0 Å². The van der Waals surface area contributed by atoms with Gasteiger partial charge in [-0.2, -0.15) is 0 Å². The number of ether oxygens (including phenoxy) is 1. The average molecular weight is 221 g/mol. The van der Waals surface area contributed by atoms with Crippen molar-refractivity contribution in [3.8, 4) is 0 Å². The van der Waals surface area contributed by atoms with Crippen LogP contribution >= 0.6 is 0 Å². The summed E-state index contributed by atoms with van der Waals surface area (Å²) in [6.45, 7) is 4.56. The normalized spacial score (nSPS) is 9.81. The van der Waals surface area contributed by atoms with Crippen LogP contribution in [0, 0.1) is 0 Å². The highest BCUT2D eigenvalue weighted by Gasteiger charge is 2.05. The van der Waals surface area contributed by atoms with Gasteiger partial charge in [0.25, 0.3) is 5.91 Å². The lowest BCUT2D eigenvalue weighted by atomic mass is 10.3. The first-order valence-electron chi connectivity index (χ1n) is 4.93. The molecule has 0 fully saturated rings. The summed E-state index contributed by atoms with van der Waals surface area (Å²) in [6, 6.07) is 5.13. The zero-order valence-electron chi connectivity index (χ0n) is 8.98. The maximum absolute atomic E-state index is 11.2. The van der Waals surface area contributed by atoms with E-state index >= 15 is 0 Å². The van der Waals surface area contributed by atoms with E-state index in [1.54, 1.807) is 24.3 Å². The van der Waals surface area contributed by atoms with Crippen LogP contribution in [0.5, 0.6) is 0 Å². The van der Waals surface area contributed by atoms with Crippen molar-refractivity contribution in [2.75, 3.05) is 6.61 Å². The first-order chi connectivity index (χ1) is 7.77. The number of rotatable bonds is 6. The summed E-state index contributed by atoms with van der Waals surface area (Å²) in [4.78, 5) is 15.3. The fraction of sp³-hybridized carbons (Fsp3) is 0.273. The van der Waals surface area contributed by atoms with Gasteiger partial charge in [0.1, 0.15) is 5.69 Å². The third-order valence-electron chi connectivity index (χ3n) is 1.89. The van der Waals surface area contributed by atoms with Crippen LogP contribution in [0.25, 0.3) is 0 Å². The predicted octanol–water partition coefficient (Wildman–Crippen LogP) is 0.778. The molecule has 1 rings (SSSR count). The number of nitrogen functional groups attached to an aromatic ring is 1. The van der Waals surface area contributed by atoms with E-state index in [0.717, 1.165) is 6.42 Å². The molecule has 0 atom stereocenters. The number of pyridine rings is 1. The largest absolute Gasteiger partial charge is 0.375 e. The van der Waals surface area contributed by atoms with Crippen molar-refractivity contribution >= 4 is 5.91 Å². The second-order valence-electron chi connectivity index (χ2n) is 3.12. The van der Waals surface area contributed by atoms with Crippen LogP contribution in [0.4, 0.5) is 0 Å². The van der Waals surface area contributed by atoms with Crippen molar-refractivity contribution in [2.24, 2.45) is 5.84 Å². The molecule has 0 saturated heterocycles. The van der Waals surface area contributed by atoms with Crippen molar-refractivity contribution in [1.82, 2.24) is 10.4 Å². The lowest BCUT2D eigenvalue weighted by Crippen LogP contribution is -2.30. The second kappa shape index (κ2) is 6.71. The van der Waals surface area contributed by atoms with E-state index in [2.05, 4.69) is 11.6 Å². The number of hydrogen-bond acceptors (Lipinski definition) is 4. The highest BCUT2D eigenvalue weighted by Crippen LogP contribution is 2.01. The van der Waals surface area contributed by atoms with Crippen LogP contribution in [-0.2, 0) is 11.3 Å². The molecule has 0 aliphatic carbocycles. The molecule has 86 valence electrons. The summed E-state index contributed by atoms with van der Waals surface area (Å²) in [5.74, 6) is 4.60. The van der Waals surface area contributed by atoms with Gasteiger partial charge in [-0.05, 0) is 18.6 Å². The fourth-order valence-electron chi connectivity index (χ4n) is 1.10. The standard InChI is InChI=1S/C11H15N3O2/c1-2-3-7-16-8-9-5-4-6-10(13-9)11(15)14-12/h2,4-6H,1,3,7-8,12H2,(H,14,15). The zero-order chi connectivity index (χ0) is 11.8. The van der Waals surface area contributed by atoms with Crippen LogP contribution in [0.2, 0.25) is 0 Å². The van der Waals surface area contributed by atoms with Crippen molar-refractivity contribution in [2.45, 2.75) is 13.0 Å². The highest BCUT2D eigenvalue weighted by atomic mass is 16.5. The van der Waals surface area contributed by atoms with Gasteiger partial charge in [0.15, 0.2) is 0 Å². The van der Waals surface area contributed by atoms with Crippen molar-refractivity contribution < 1.29 is 9.53 Å². The van der Waals surface area contributed by atoms with E-state index in [0.29, 0.717) is 18.9 Å². The number of nitrogens with two attached hydrogens (primary N) is 1. The third kappa shape index (κ3) is 3.80. The molecule has 1 aromatic rings. The topological polar surface area (TPSA) is 77.2 Å². The minimum Gasteiger partial charge on any atom is -0.375 e. The van der Waals surface area contributed by atoms with E-state index in [1.165, 1.54) is 0 Å². The molecule has 3 N–H and O–H groups in total. The van der Waals surface area contributed by atoms with Crippen LogP contribution in [0.1, 0.15) is 22.6 Å². The molecular formula is C11H15N3O2. The Balaban J connectivity index is 2.53. The van der Waals surface area contributed by atoms with E-state index in [9.17, 15) is 4.79 Å². The van der Waals surface area contributed by atoms with Crippen molar-refractivity contribution in [3.63, 3.8) is 0 Å². The van der Waals surface area contributed by atoms with E-state index in [1.807, 2.05) is 5.43 Å². The maximum Gasteiger partial charge on any atom is 0.283 e. The number of nitrogens with one attached hydrogen (secondary N) is 1. The number of hydrogen-bond donors (Lipinski definition) is 2. The first-order valence-corrected chi connectivity index (χ1v) is 4.93. The molecule has 0 aromatic carbocycles. The van der Waals surface area contributed by atoms with Crippen molar-refractivity contribution in [1.29, 1.82) is 0 Å². The van der Waals surface area contributed by atoms with E-state index < -0.39 is 5.91 Å². The molecule has 0 aliphatic heterocycles. The minimum atomic E-state index is -0.409. The smallest absolute Gasteiger partial charge is 0.283 e. The van der Waals surface area contributed by atoms with E-state index in [4.69, 9.17) is 10.6 Å². The highest BCUT2D eigenvalue weighted by molar-refractivity contribution is 5.91. The zero-order valence-corrected chi connectivity index (χ0v) is 8.98. The molecule has 16 heavy (non-hydrogen) atoms. The molecule has 1 aromatic heterocycles. The lowest BCUT2D eigenvalue weighted by molar-refractivity contribution is 0.0946. The maximum atomic E-state index is 11.2. The summed E-state index contributed by atoms with van der Waals surface area (Å²) in [7, 11) is 0. The van der Waals surface area contributed by atoms with Gasteiger partial charge in [-0.3, -0.25) is 10.2 Å². The van der Waals surface area contributed by atoms with Gasteiger partial charge in [-0.25, -0.2) is 10.8 Å². The third-order valence-corrected chi connectivity index (χ3v) is 1.89. The minimum absolute atomic E-state index is 0.285. The number of carbonyl (C=O) groups is 1. The molecule has 0 bridgehead atoms. The summed E-state index contributed by atoms with van der Waals surface area (Å²) in [5.41, 5.74) is 3.01. The van der Waals surface area contributed by atoms with Crippen LogP contribution in [0.15, 0.2) is 30.9 Å². The summed E-state index contributed by atoms with van der Waals surface area (Å²) in [6.07, 6.45) is 2.58. The molecule has 1 heterocycles. The molecule has 5 heteroatoms. The molecular weight excluding hydrogens is 206 g/mol. The van der Waals surface area contributed by atoms with Crippen LogP contribution in [-0.4, -0.2) is 17.5 Å². The Labute approximate surface area is 94.3 Å².